The number of aromatic nitrogens is 2. The second kappa shape index (κ2) is 15.7. The lowest BCUT2D eigenvalue weighted by Crippen LogP contribution is -2.61. The highest BCUT2D eigenvalue weighted by atomic mass is 32.2. The highest BCUT2D eigenvalue weighted by Gasteiger charge is 2.68. The van der Waals surface area contributed by atoms with Crippen molar-refractivity contribution in [1.29, 1.82) is 0 Å². The summed E-state index contributed by atoms with van der Waals surface area (Å²) in [5, 5.41) is 5.08. The molecule has 0 unspecified atom stereocenters. The molecule has 336 valence electrons. The molecule has 4 amide bonds. The number of sulfonamides is 1. The van der Waals surface area contributed by atoms with Crippen LogP contribution in [0.1, 0.15) is 98.6 Å². The molecule has 0 radical (unpaired) electrons. The van der Waals surface area contributed by atoms with Crippen molar-refractivity contribution in [1.82, 2.24) is 30.2 Å². The molecule has 20 heteroatoms. The van der Waals surface area contributed by atoms with E-state index in [1.807, 2.05) is 11.6 Å². The van der Waals surface area contributed by atoms with Gasteiger partial charge in [-0.05, 0) is 68.9 Å². The zero-order chi connectivity index (χ0) is 44.6. The summed E-state index contributed by atoms with van der Waals surface area (Å²) in [6.45, 7) is 9.53. The zero-order valence-corrected chi connectivity index (χ0v) is 36.0. The molecule has 1 aromatic carbocycles. The third-order valence-electron chi connectivity index (χ3n) is 13.3. The van der Waals surface area contributed by atoms with Crippen molar-refractivity contribution in [2.24, 2.45) is 29.1 Å². The molecule has 5 aliphatic rings. The van der Waals surface area contributed by atoms with E-state index in [1.54, 1.807) is 33.8 Å². The summed E-state index contributed by atoms with van der Waals surface area (Å²) in [5.41, 5.74) is -3.84. The first-order valence-electron chi connectivity index (χ1n) is 20.8. The predicted octanol–water partition coefficient (Wildman–Crippen LogP) is 5.20. The van der Waals surface area contributed by atoms with Crippen molar-refractivity contribution in [2.75, 3.05) is 13.7 Å². The number of halogens is 4. The molecular formula is C41H54F4N6O9S. The second-order valence-corrected chi connectivity index (χ2v) is 20.9. The van der Waals surface area contributed by atoms with Gasteiger partial charge in [-0.25, -0.2) is 32.0 Å². The first-order chi connectivity index (χ1) is 28.4. The lowest BCUT2D eigenvalue weighted by atomic mass is 9.85. The van der Waals surface area contributed by atoms with E-state index in [4.69, 9.17) is 14.2 Å². The van der Waals surface area contributed by atoms with Gasteiger partial charge in [0.25, 0.3) is 11.8 Å². The van der Waals surface area contributed by atoms with Crippen LogP contribution in [0.5, 0.6) is 11.6 Å². The van der Waals surface area contributed by atoms with Crippen molar-refractivity contribution in [2.45, 2.75) is 140 Å². The molecule has 1 aromatic heterocycles. The van der Waals surface area contributed by atoms with E-state index in [2.05, 4.69) is 20.6 Å². The SMILES string of the molecule is CC[C@@H]1[C@@H]2CN(C(=O)[C@H](C(C)(C)C)NC(=O)O[C@@H]3C[C@H]3[C@@H](C)CCCC(F)(F)c3nc4ccc(OC)cc4nc3O2)[C@@H]1C(=O)N[C@]1(C(=O)NS(=O)(=O)C2(C)CC2)C[C@H]1C(F)F. The van der Waals surface area contributed by atoms with Gasteiger partial charge in [0.1, 0.15) is 35.6 Å². The molecule has 2 aliphatic heterocycles. The Morgan fingerprint density at radius 2 is 1.79 bits per heavy atom. The third kappa shape index (κ3) is 8.53. The predicted molar refractivity (Wildman–Crippen MR) is 211 cm³/mol. The molecule has 3 N–H and O–H groups in total. The van der Waals surface area contributed by atoms with Gasteiger partial charge >= 0.3 is 6.09 Å². The van der Waals surface area contributed by atoms with Crippen LogP contribution < -0.4 is 24.8 Å². The molecule has 61 heavy (non-hydrogen) atoms. The minimum absolute atomic E-state index is 0.0495. The summed E-state index contributed by atoms with van der Waals surface area (Å²) in [6, 6.07) is 1.58. The summed E-state index contributed by atoms with van der Waals surface area (Å²) >= 11 is 0. The second-order valence-electron chi connectivity index (χ2n) is 18.7. The van der Waals surface area contributed by atoms with E-state index in [0.29, 0.717) is 18.6 Å². The van der Waals surface area contributed by atoms with Gasteiger partial charge in [0.2, 0.25) is 34.1 Å². The van der Waals surface area contributed by atoms with Crippen molar-refractivity contribution in [3.63, 3.8) is 0 Å². The van der Waals surface area contributed by atoms with E-state index in [1.165, 1.54) is 26.2 Å². The maximum absolute atomic E-state index is 16.5. The summed E-state index contributed by atoms with van der Waals surface area (Å²) in [6.07, 6.45) is -5.52. The fourth-order valence-corrected chi connectivity index (χ4v) is 10.1. The number of amides is 4. The number of carbonyl (C=O) groups is 4. The molecule has 0 spiro atoms. The number of nitrogens with zero attached hydrogens (tertiary/aromatic N) is 3. The maximum atomic E-state index is 16.5. The van der Waals surface area contributed by atoms with E-state index >= 15 is 8.78 Å². The summed E-state index contributed by atoms with van der Waals surface area (Å²) < 4.78 is 106. The monoisotopic (exact) mass is 882 g/mol. The van der Waals surface area contributed by atoms with Crippen LogP contribution in [0.4, 0.5) is 22.4 Å². The number of nitrogens with one attached hydrogen (secondary N) is 3. The fourth-order valence-electron chi connectivity index (χ4n) is 8.79. The van der Waals surface area contributed by atoms with Crippen molar-refractivity contribution in [3.05, 3.63) is 23.9 Å². The molecule has 7 rings (SSSR count). The minimum Gasteiger partial charge on any atom is -0.497 e. The number of fused-ring (bicyclic) bond motifs is 5. The summed E-state index contributed by atoms with van der Waals surface area (Å²) in [4.78, 5) is 66.6. The van der Waals surface area contributed by atoms with Crippen LogP contribution in [-0.2, 0) is 35.1 Å². The van der Waals surface area contributed by atoms with Crippen LogP contribution in [0, 0.1) is 29.1 Å². The molecule has 4 fully saturated rings. The van der Waals surface area contributed by atoms with E-state index in [0.717, 1.165) is 4.90 Å². The standard InChI is InChI=1S/C41H54F4N6O9S/c1-8-22-28-19-51(29(22)33(52)49-40(18-24(40)32(42)43)36(54)50-61(56,57)39(6)14-15-39)35(53)31(38(3,4)5)48-37(55)60-27-17-23(27)20(2)10-9-13-41(44,45)30-34(59-28)47-26-16-21(58-7)11-12-25(26)46-30/h11-12,16,20,22-24,27-29,31-32H,8-10,13-15,17-19H2,1-7H3,(H,48,55)(H,49,52)(H,50,54)/t20-,22+,23-,24-,27+,28-,29-,31+,40+/m0/s1. The summed E-state index contributed by atoms with van der Waals surface area (Å²) in [7, 11) is -2.90. The van der Waals surface area contributed by atoms with Crippen LogP contribution in [0.3, 0.4) is 0 Å². The number of methoxy groups -OCH3 is 1. The topological polar surface area (TPSA) is 195 Å². The lowest BCUT2D eigenvalue weighted by molar-refractivity contribution is -0.144. The number of hydrogen-bond acceptors (Lipinski definition) is 11. The molecule has 3 heterocycles. The lowest BCUT2D eigenvalue weighted by Gasteiger charge is -2.36. The van der Waals surface area contributed by atoms with Gasteiger partial charge in [0.15, 0.2) is 5.69 Å². The molecule has 15 nitrogen and oxygen atoms in total. The van der Waals surface area contributed by atoms with Crippen molar-refractivity contribution < 1.29 is 59.4 Å². The first-order valence-corrected chi connectivity index (χ1v) is 22.3. The van der Waals surface area contributed by atoms with E-state index < -0.39 is 129 Å². The smallest absolute Gasteiger partial charge is 0.408 e. The van der Waals surface area contributed by atoms with Gasteiger partial charge in [0.05, 0.1) is 35.4 Å². The highest BCUT2D eigenvalue weighted by molar-refractivity contribution is 7.91. The van der Waals surface area contributed by atoms with E-state index in [9.17, 15) is 36.4 Å². The van der Waals surface area contributed by atoms with Crippen LogP contribution in [0.2, 0.25) is 0 Å². The maximum Gasteiger partial charge on any atom is 0.408 e. The molecule has 1 saturated heterocycles. The number of alkyl halides is 4. The summed E-state index contributed by atoms with van der Waals surface area (Å²) in [5.74, 6) is -9.98. The van der Waals surface area contributed by atoms with E-state index in [-0.39, 0.29) is 48.6 Å². The number of benzene rings is 1. The number of hydrogen-bond donors (Lipinski definition) is 3. The van der Waals surface area contributed by atoms with Gasteiger partial charge in [-0.15, -0.1) is 0 Å². The Balaban J connectivity index is 1.31. The molecule has 9 atom stereocenters. The van der Waals surface area contributed by atoms with Gasteiger partial charge < -0.3 is 29.7 Å². The Morgan fingerprint density at radius 1 is 1.08 bits per heavy atom. The highest BCUT2D eigenvalue weighted by Crippen LogP contribution is 2.50. The Hall–Kier alpha value is -4.49. The molecule has 2 bridgehead atoms. The third-order valence-corrected chi connectivity index (χ3v) is 15.4. The normalized spacial score (nSPS) is 32.2. The van der Waals surface area contributed by atoms with Crippen LogP contribution in [-0.4, -0.2) is 102 Å². The quantitative estimate of drug-likeness (QED) is 0.295. The molecule has 3 saturated carbocycles. The van der Waals surface area contributed by atoms with Gasteiger partial charge in [-0.3, -0.25) is 19.1 Å². The van der Waals surface area contributed by atoms with Gasteiger partial charge in [-0.1, -0.05) is 41.0 Å². The molecular weight excluding hydrogens is 829 g/mol. The van der Waals surface area contributed by atoms with Crippen LogP contribution in [0.25, 0.3) is 11.0 Å². The van der Waals surface area contributed by atoms with Crippen molar-refractivity contribution >= 4 is 44.9 Å². The number of ether oxygens (including phenoxy) is 3. The first kappa shape index (κ1) is 44.6. The van der Waals surface area contributed by atoms with Gasteiger partial charge in [0, 0.05) is 24.3 Å². The largest absolute Gasteiger partial charge is 0.497 e. The van der Waals surface area contributed by atoms with Gasteiger partial charge in [-0.2, -0.15) is 8.78 Å². The number of carbonyl (C=O) groups excluding carboxylic acids is 4. The zero-order valence-electron chi connectivity index (χ0n) is 35.2. The Kier molecular flexibility index (Phi) is 11.5. The number of rotatable bonds is 8. The van der Waals surface area contributed by atoms with Crippen LogP contribution in [0.15, 0.2) is 18.2 Å². The molecule has 3 aliphatic carbocycles. The Morgan fingerprint density at radius 3 is 2.39 bits per heavy atom. The Bertz CT molecular complexity index is 2200. The average Bonchev–Trinajstić information content (AvgIpc) is 4.13. The Labute approximate surface area is 351 Å². The fraction of sp³-hybridized carbons (Fsp3) is 0.707. The van der Waals surface area contributed by atoms with Crippen molar-refractivity contribution in [3.8, 4) is 11.6 Å². The number of alkyl carbamates (subject to hydrolysis) is 1. The van der Waals surface area contributed by atoms with Crippen LogP contribution >= 0.6 is 0 Å². The molecule has 2 aromatic rings. The minimum atomic E-state index is -4.32. The average molecular weight is 883 g/mol.